The van der Waals surface area contributed by atoms with Gasteiger partial charge in [0.15, 0.2) is 0 Å². The molecule has 2 rings (SSSR count). The van der Waals surface area contributed by atoms with Crippen molar-refractivity contribution in [2.45, 2.75) is 24.7 Å². The number of esters is 1. The molecule has 0 heterocycles. The maximum absolute atomic E-state index is 12.4. The lowest BCUT2D eigenvalue weighted by Crippen LogP contribution is -2.34. The Bertz CT molecular complexity index is 960. The summed E-state index contributed by atoms with van der Waals surface area (Å²) in [4.78, 5) is 23.8. The average molecular weight is 453 g/mol. The maximum Gasteiger partial charge on any atom is 0.321 e. The highest BCUT2D eigenvalue weighted by Crippen LogP contribution is 2.17. The Labute approximate surface area is 182 Å². The fraction of sp³-hybridized carbons (Fsp3) is 0.333. The number of hydrogen-bond donors (Lipinski definition) is 1. The van der Waals surface area contributed by atoms with Gasteiger partial charge in [0.05, 0.1) is 11.4 Å². The summed E-state index contributed by atoms with van der Waals surface area (Å²) in [6.45, 7) is 1.69. The number of benzene rings is 2. The highest BCUT2D eigenvalue weighted by atomic mass is 35.5. The zero-order valence-electron chi connectivity index (χ0n) is 16.9. The van der Waals surface area contributed by atoms with Crippen molar-refractivity contribution in [2.75, 3.05) is 26.7 Å². The van der Waals surface area contributed by atoms with Crippen LogP contribution in [0, 0.1) is 6.92 Å². The fourth-order valence-electron chi connectivity index (χ4n) is 2.56. The van der Waals surface area contributed by atoms with Crippen LogP contribution in [0.15, 0.2) is 53.4 Å². The summed E-state index contributed by atoms with van der Waals surface area (Å²) < 4.78 is 30.8. The van der Waals surface area contributed by atoms with Gasteiger partial charge in [-0.15, -0.1) is 0 Å². The molecule has 9 heteroatoms. The van der Waals surface area contributed by atoms with Gasteiger partial charge in [-0.3, -0.25) is 9.59 Å². The van der Waals surface area contributed by atoms with E-state index in [4.69, 9.17) is 16.3 Å². The number of likely N-dealkylation sites (N-methyl/N-ethyl adjacent to an activating group) is 1. The number of ether oxygens (including phenoxy) is 1. The van der Waals surface area contributed by atoms with Crippen LogP contribution in [0.2, 0.25) is 5.02 Å². The first-order valence-electron chi connectivity index (χ1n) is 9.38. The van der Waals surface area contributed by atoms with Crippen molar-refractivity contribution >= 4 is 33.5 Å². The van der Waals surface area contributed by atoms with E-state index in [1.165, 1.54) is 31.3 Å². The van der Waals surface area contributed by atoms with Gasteiger partial charge in [-0.2, -0.15) is 4.31 Å². The van der Waals surface area contributed by atoms with E-state index in [-0.39, 0.29) is 24.0 Å². The zero-order chi connectivity index (χ0) is 22.1. The molecule has 0 bridgehead atoms. The predicted octanol–water partition coefficient (Wildman–Crippen LogP) is 2.56. The topological polar surface area (TPSA) is 92.8 Å². The minimum absolute atomic E-state index is 0.0306. The van der Waals surface area contributed by atoms with Gasteiger partial charge in [0.1, 0.15) is 13.2 Å². The van der Waals surface area contributed by atoms with Crippen LogP contribution in [0.25, 0.3) is 0 Å². The Balaban J connectivity index is 1.68. The van der Waals surface area contributed by atoms with Crippen LogP contribution in [-0.4, -0.2) is 51.3 Å². The summed E-state index contributed by atoms with van der Waals surface area (Å²) in [6.07, 6.45) is 0.957. The largest absolute Gasteiger partial charge is 0.463 e. The smallest absolute Gasteiger partial charge is 0.321 e. The Hall–Kier alpha value is -2.42. The van der Waals surface area contributed by atoms with Crippen LogP contribution in [-0.2, 0) is 30.8 Å². The second-order valence-electron chi connectivity index (χ2n) is 6.77. The van der Waals surface area contributed by atoms with E-state index in [0.29, 0.717) is 17.9 Å². The van der Waals surface area contributed by atoms with Crippen molar-refractivity contribution in [1.82, 2.24) is 9.62 Å². The van der Waals surface area contributed by atoms with Crippen LogP contribution in [0.3, 0.4) is 0 Å². The average Bonchev–Trinajstić information content (AvgIpc) is 2.71. The van der Waals surface area contributed by atoms with Gasteiger partial charge in [0, 0.05) is 18.5 Å². The zero-order valence-corrected chi connectivity index (χ0v) is 18.5. The van der Waals surface area contributed by atoms with Crippen LogP contribution in [0.5, 0.6) is 0 Å². The van der Waals surface area contributed by atoms with Crippen LogP contribution < -0.4 is 5.32 Å². The van der Waals surface area contributed by atoms with Crippen molar-refractivity contribution < 1.29 is 22.7 Å². The molecule has 1 N–H and O–H groups in total. The first-order chi connectivity index (χ1) is 14.2. The summed E-state index contributed by atoms with van der Waals surface area (Å²) in [5.41, 5.74) is 2.24. The number of nitrogens with one attached hydrogen (secondary N) is 1. The van der Waals surface area contributed by atoms with E-state index in [0.717, 1.165) is 15.4 Å². The van der Waals surface area contributed by atoms with Gasteiger partial charge in [0.25, 0.3) is 0 Å². The number of nitrogens with zero attached hydrogens (tertiary/aromatic N) is 1. The molecule has 0 unspecified atom stereocenters. The third-order valence-corrected chi connectivity index (χ3v) is 6.39. The molecule has 0 spiro atoms. The molecule has 1 amide bonds. The molecule has 0 atom stereocenters. The highest BCUT2D eigenvalue weighted by molar-refractivity contribution is 7.89. The minimum atomic E-state index is -3.83. The number of aryl methyl sites for hydroxylation is 2. The van der Waals surface area contributed by atoms with Crippen molar-refractivity contribution in [2.24, 2.45) is 0 Å². The molecule has 2 aromatic rings. The SMILES string of the molecule is Cc1ccc(CCC(=O)NCCOC(=O)CN(C)S(=O)(=O)c2ccc(Cl)cc2)cc1. The minimum Gasteiger partial charge on any atom is -0.463 e. The van der Waals surface area contributed by atoms with E-state index in [9.17, 15) is 18.0 Å². The molecule has 2 aromatic carbocycles. The monoisotopic (exact) mass is 452 g/mol. The summed E-state index contributed by atoms with van der Waals surface area (Å²) in [6, 6.07) is 13.6. The van der Waals surface area contributed by atoms with E-state index < -0.39 is 22.5 Å². The molecule has 0 aliphatic rings. The van der Waals surface area contributed by atoms with E-state index in [1.807, 2.05) is 31.2 Å². The van der Waals surface area contributed by atoms with Crippen molar-refractivity contribution in [3.05, 3.63) is 64.7 Å². The van der Waals surface area contributed by atoms with Gasteiger partial charge < -0.3 is 10.1 Å². The second-order valence-corrected chi connectivity index (χ2v) is 9.25. The first kappa shape index (κ1) is 23.9. The van der Waals surface area contributed by atoms with Crippen LogP contribution in [0.1, 0.15) is 17.5 Å². The molecular weight excluding hydrogens is 428 g/mol. The molecule has 7 nitrogen and oxygen atoms in total. The lowest BCUT2D eigenvalue weighted by atomic mass is 10.1. The molecule has 0 aromatic heterocycles. The number of carbonyl (C=O) groups is 2. The van der Waals surface area contributed by atoms with Crippen molar-refractivity contribution in [3.8, 4) is 0 Å². The Morgan fingerprint density at radius 3 is 2.33 bits per heavy atom. The molecule has 0 saturated carbocycles. The van der Waals surface area contributed by atoms with Crippen molar-refractivity contribution in [1.29, 1.82) is 0 Å². The lowest BCUT2D eigenvalue weighted by molar-refractivity contribution is -0.143. The fourth-order valence-corrected chi connectivity index (χ4v) is 3.80. The van der Waals surface area contributed by atoms with Crippen LogP contribution in [0.4, 0.5) is 0 Å². The van der Waals surface area contributed by atoms with E-state index >= 15 is 0 Å². The molecule has 0 aliphatic heterocycles. The van der Waals surface area contributed by atoms with Gasteiger partial charge in [0.2, 0.25) is 15.9 Å². The number of rotatable bonds is 10. The third kappa shape index (κ3) is 7.44. The summed E-state index contributed by atoms with van der Waals surface area (Å²) >= 11 is 5.76. The van der Waals surface area contributed by atoms with Crippen LogP contribution >= 0.6 is 11.6 Å². The van der Waals surface area contributed by atoms with Gasteiger partial charge in [-0.1, -0.05) is 41.4 Å². The number of amides is 1. The second kappa shape index (κ2) is 11.1. The summed E-state index contributed by atoms with van der Waals surface area (Å²) in [5, 5.41) is 3.09. The third-order valence-electron chi connectivity index (χ3n) is 4.32. The quantitative estimate of drug-likeness (QED) is 0.441. The lowest BCUT2D eigenvalue weighted by Gasteiger charge is -2.16. The van der Waals surface area contributed by atoms with Gasteiger partial charge in [-0.05, 0) is 43.2 Å². The molecule has 30 heavy (non-hydrogen) atoms. The Morgan fingerprint density at radius 1 is 1.07 bits per heavy atom. The number of halogens is 1. The first-order valence-corrected chi connectivity index (χ1v) is 11.2. The molecule has 0 saturated heterocycles. The molecular formula is C21H25ClN2O5S. The Kier molecular flexibility index (Phi) is 8.83. The summed E-state index contributed by atoms with van der Waals surface area (Å²) in [7, 11) is -2.54. The number of sulfonamides is 1. The van der Waals surface area contributed by atoms with E-state index in [2.05, 4.69) is 5.32 Å². The standard InChI is InChI=1S/C21H25ClN2O5S/c1-16-3-5-17(6-4-16)7-12-20(25)23-13-14-29-21(26)15-24(2)30(27,28)19-10-8-18(22)9-11-19/h3-6,8-11H,7,12-15H2,1-2H3,(H,23,25). The number of hydrogen-bond acceptors (Lipinski definition) is 5. The normalized spacial score (nSPS) is 11.3. The molecule has 0 fully saturated rings. The highest BCUT2D eigenvalue weighted by Gasteiger charge is 2.23. The number of carbonyl (C=O) groups excluding carboxylic acids is 2. The Morgan fingerprint density at radius 2 is 1.70 bits per heavy atom. The van der Waals surface area contributed by atoms with Crippen molar-refractivity contribution in [3.63, 3.8) is 0 Å². The molecule has 0 aliphatic carbocycles. The predicted molar refractivity (Wildman–Crippen MR) is 115 cm³/mol. The van der Waals surface area contributed by atoms with Gasteiger partial charge in [-0.25, -0.2) is 8.42 Å². The maximum atomic E-state index is 12.4. The summed E-state index contributed by atoms with van der Waals surface area (Å²) in [5.74, 6) is -0.849. The van der Waals surface area contributed by atoms with Gasteiger partial charge >= 0.3 is 5.97 Å². The van der Waals surface area contributed by atoms with E-state index in [1.54, 1.807) is 0 Å². The molecule has 162 valence electrons. The molecule has 0 radical (unpaired) electrons.